The zero-order valence-electron chi connectivity index (χ0n) is 18.5. The normalized spacial score (nSPS) is 10.6. The van der Waals surface area contributed by atoms with Crippen LogP contribution in [0.1, 0.15) is 38.8 Å². The van der Waals surface area contributed by atoms with Crippen LogP contribution in [0.4, 0.5) is 0 Å². The van der Waals surface area contributed by atoms with Crippen molar-refractivity contribution in [3.05, 3.63) is 95.1 Å². The summed E-state index contributed by atoms with van der Waals surface area (Å²) in [5.74, 6) is 0.537. The Morgan fingerprint density at radius 1 is 0.727 bits per heavy atom. The molecule has 0 atom stereocenters. The van der Waals surface area contributed by atoms with Crippen LogP contribution in [0, 0.1) is 6.92 Å². The summed E-state index contributed by atoms with van der Waals surface area (Å²) in [7, 11) is 0. The molecule has 166 valence electrons. The largest absolute Gasteiger partial charge is 0.416 e. The zero-order chi connectivity index (χ0) is 23.2. The first-order valence-electron chi connectivity index (χ1n) is 10.7. The summed E-state index contributed by atoms with van der Waals surface area (Å²) in [5.41, 5.74) is 4.77. The van der Waals surface area contributed by atoms with E-state index < -0.39 is 0 Å². The molecule has 1 aromatic heterocycles. The van der Waals surface area contributed by atoms with Gasteiger partial charge in [0, 0.05) is 35.3 Å². The van der Waals surface area contributed by atoms with Crippen molar-refractivity contribution in [2.75, 3.05) is 6.54 Å². The third-order valence-corrected chi connectivity index (χ3v) is 5.12. The van der Waals surface area contributed by atoms with Crippen molar-refractivity contribution in [3.63, 3.8) is 0 Å². The number of nitrogens with zero attached hydrogens (tertiary/aromatic N) is 2. The zero-order valence-corrected chi connectivity index (χ0v) is 18.5. The van der Waals surface area contributed by atoms with Crippen molar-refractivity contribution >= 4 is 11.8 Å². The molecule has 1 heterocycles. The highest BCUT2D eigenvalue weighted by Crippen LogP contribution is 2.24. The van der Waals surface area contributed by atoms with E-state index in [1.165, 1.54) is 0 Å². The standard InChI is InChI=1S/C26H24N4O3/c1-3-27-23(31)19-10-6-18(7-11-19)16-28-24(32)20-12-14-22(15-13-20)26-30-29-25(33-26)21-8-4-17(2)5-9-21/h4-15H,3,16H2,1-2H3,(H,27,31)(H,28,32). The number of nitrogens with one attached hydrogen (secondary N) is 2. The molecule has 0 aliphatic heterocycles. The fourth-order valence-corrected chi connectivity index (χ4v) is 3.24. The first kappa shape index (κ1) is 22.0. The van der Waals surface area contributed by atoms with Gasteiger partial charge in [-0.15, -0.1) is 10.2 Å². The number of hydrogen-bond donors (Lipinski definition) is 2. The Bertz CT molecular complexity index is 1240. The summed E-state index contributed by atoms with van der Waals surface area (Å²) in [6.07, 6.45) is 0. The Morgan fingerprint density at radius 2 is 1.21 bits per heavy atom. The third-order valence-electron chi connectivity index (χ3n) is 5.12. The summed E-state index contributed by atoms with van der Waals surface area (Å²) in [6.45, 7) is 4.83. The maximum Gasteiger partial charge on any atom is 0.251 e. The van der Waals surface area contributed by atoms with Crippen molar-refractivity contribution in [2.24, 2.45) is 0 Å². The van der Waals surface area contributed by atoms with Gasteiger partial charge in [0.25, 0.3) is 11.8 Å². The van der Waals surface area contributed by atoms with Crippen LogP contribution in [-0.4, -0.2) is 28.6 Å². The van der Waals surface area contributed by atoms with Crippen molar-refractivity contribution < 1.29 is 14.0 Å². The van der Waals surface area contributed by atoms with E-state index in [1.807, 2.05) is 50.2 Å². The van der Waals surface area contributed by atoms with Crippen LogP contribution in [-0.2, 0) is 6.54 Å². The SMILES string of the molecule is CCNC(=O)c1ccc(CNC(=O)c2ccc(-c3nnc(-c4ccc(C)cc4)o3)cc2)cc1. The van der Waals surface area contributed by atoms with E-state index in [9.17, 15) is 9.59 Å². The van der Waals surface area contributed by atoms with Crippen molar-refractivity contribution in [1.82, 2.24) is 20.8 Å². The predicted octanol–water partition coefficient (Wildman–Crippen LogP) is 4.39. The van der Waals surface area contributed by atoms with E-state index in [1.54, 1.807) is 36.4 Å². The molecule has 33 heavy (non-hydrogen) atoms. The Kier molecular flexibility index (Phi) is 6.59. The second-order valence-electron chi connectivity index (χ2n) is 7.59. The molecule has 0 aliphatic rings. The van der Waals surface area contributed by atoms with E-state index in [0.717, 1.165) is 22.3 Å². The lowest BCUT2D eigenvalue weighted by molar-refractivity contribution is 0.0943. The summed E-state index contributed by atoms with van der Waals surface area (Å²) in [6, 6.07) is 22.0. The lowest BCUT2D eigenvalue weighted by Gasteiger charge is -2.07. The Morgan fingerprint density at radius 3 is 1.76 bits per heavy atom. The van der Waals surface area contributed by atoms with Crippen LogP contribution in [0.15, 0.2) is 77.2 Å². The molecular formula is C26H24N4O3. The lowest BCUT2D eigenvalue weighted by Crippen LogP contribution is -2.23. The van der Waals surface area contributed by atoms with Crippen LogP contribution < -0.4 is 10.6 Å². The molecule has 7 heteroatoms. The Labute approximate surface area is 191 Å². The molecule has 0 radical (unpaired) electrons. The highest BCUT2D eigenvalue weighted by Gasteiger charge is 2.12. The molecule has 0 aliphatic carbocycles. The number of carbonyl (C=O) groups is 2. The maximum atomic E-state index is 12.5. The molecule has 0 spiro atoms. The number of hydrogen-bond acceptors (Lipinski definition) is 5. The van der Waals surface area contributed by atoms with Gasteiger partial charge in [-0.25, -0.2) is 0 Å². The fraction of sp³-hybridized carbons (Fsp3) is 0.154. The molecule has 0 saturated carbocycles. The fourth-order valence-electron chi connectivity index (χ4n) is 3.24. The second kappa shape index (κ2) is 9.91. The van der Waals surface area contributed by atoms with Crippen molar-refractivity contribution in [2.45, 2.75) is 20.4 Å². The summed E-state index contributed by atoms with van der Waals surface area (Å²) in [4.78, 5) is 24.3. The quantitative estimate of drug-likeness (QED) is 0.444. The number of aromatic nitrogens is 2. The average molecular weight is 441 g/mol. The van der Waals surface area contributed by atoms with Gasteiger partial charge >= 0.3 is 0 Å². The summed E-state index contributed by atoms with van der Waals surface area (Å²) < 4.78 is 5.79. The minimum atomic E-state index is -0.194. The van der Waals surface area contributed by atoms with Gasteiger partial charge in [-0.05, 0) is 67.9 Å². The number of rotatable bonds is 7. The Hall–Kier alpha value is -4.26. The van der Waals surface area contributed by atoms with Crippen LogP contribution >= 0.6 is 0 Å². The first-order valence-corrected chi connectivity index (χ1v) is 10.7. The number of aryl methyl sites for hydroxylation is 1. The summed E-state index contributed by atoms with van der Waals surface area (Å²) in [5, 5.41) is 13.9. The molecule has 4 rings (SSSR count). The average Bonchev–Trinajstić information content (AvgIpc) is 3.34. The van der Waals surface area contributed by atoms with E-state index in [2.05, 4.69) is 20.8 Å². The molecule has 2 amide bonds. The van der Waals surface area contributed by atoms with Gasteiger partial charge < -0.3 is 15.1 Å². The Balaban J connectivity index is 1.36. The van der Waals surface area contributed by atoms with Gasteiger partial charge in [0.05, 0.1) is 0 Å². The van der Waals surface area contributed by atoms with E-state index in [4.69, 9.17) is 4.42 Å². The highest BCUT2D eigenvalue weighted by molar-refractivity contribution is 5.95. The molecule has 0 saturated heterocycles. The minimum absolute atomic E-state index is 0.111. The smallest absolute Gasteiger partial charge is 0.251 e. The molecule has 0 fully saturated rings. The predicted molar refractivity (Wildman–Crippen MR) is 126 cm³/mol. The first-order chi connectivity index (χ1) is 16.0. The van der Waals surface area contributed by atoms with Gasteiger partial charge in [-0.2, -0.15) is 0 Å². The molecule has 7 nitrogen and oxygen atoms in total. The summed E-state index contributed by atoms with van der Waals surface area (Å²) >= 11 is 0. The van der Waals surface area contributed by atoms with Crippen LogP contribution in [0.25, 0.3) is 22.9 Å². The van der Waals surface area contributed by atoms with Gasteiger partial charge in [0.2, 0.25) is 11.8 Å². The van der Waals surface area contributed by atoms with Crippen molar-refractivity contribution in [3.8, 4) is 22.9 Å². The highest BCUT2D eigenvalue weighted by atomic mass is 16.4. The maximum absolute atomic E-state index is 12.5. The third kappa shape index (κ3) is 5.33. The van der Waals surface area contributed by atoms with Gasteiger partial charge in [0.1, 0.15) is 0 Å². The van der Waals surface area contributed by atoms with E-state index in [0.29, 0.717) is 36.0 Å². The van der Waals surface area contributed by atoms with Crippen LogP contribution in [0.5, 0.6) is 0 Å². The van der Waals surface area contributed by atoms with Crippen LogP contribution in [0.2, 0.25) is 0 Å². The van der Waals surface area contributed by atoms with Gasteiger partial charge in [-0.1, -0.05) is 29.8 Å². The minimum Gasteiger partial charge on any atom is -0.416 e. The molecule has 2 N–H and O–H groups in total. The van der Waals surface area contributed by atoms with E-state index in [-0.39, 0.29) is 11.8 Å². The molecule has 4 aromatic rings. The molecule has 0 unspecified atom stereocenters. The molecule has 3 aromatic carbocycles. The topological polar surface area (TPSA) is 97.1 Å². The number of amides is 2. The molecule has 0 bridgehead atoms. The molecular weight excluding hydrogens is 416 g/mol. The van der Waals surface area contributed by atoms with Crippen molar-refractivity contribution in [1.29, 1.82) is 0 Å². The number of benzene rings is 3. The second-order valence-corrected chi connectivity index (χ2v) is 7.59. The lowest BCUT2D eigenvalue weighted by atomic mass is 10.1. The van der Waals surface area contributed by atoms with Crippen LogP contribution in [0.3, 0.4) is 0 Å². The number of carbonyl (C=O) groups excluding carboxylic acids is 2. The van der Waals surface area contributed by atoms with E-state index >= 15 is 0 Å². The monoisotopic (exact) mass is 440 g/mol. The van der Waals surface area contributed by atoms with Gasteiger partial charge in [0.15, 0.2) is 0 Å². The van der Waals surface area contributed by atoms with Gasteiger partial charge in [-0.3, -0.25) is 9.59 Å².